The smallest absolute Gasteiger partial charge is 0.315 e. The minimum absolute atomic E-state index is 0.389. The molecule has 0 aliphatic rings. The van der Waals surface area contributed by atoms with Crippen LogP contribution in [0.4, 0.5) is 8.78 Å². The number of benzene rings is 1. The fraction of sp³-hybridized carbons (Fsp3) is 0.273. The number of carbonyl (C=O) groups excluding carboxylic acids is 2. The first kappa shape index (κ1) is 12.3. The first-order valence-corrected chi connectivity index (χ1v) is 4.66. The van der Waals surface area contributed by atoms with E-state index >= 15 is 0 Å². The van der Waals surface area contributed by atoms with Gasteiger partial charge in [-0.1, -0.05) is 29.8 Å². The van der Waals surface area contributed by atoms with Crippen molar-refractivity contribution < 1.29 is 18.4 Å². The van der Waals surface area contributed by atoms with Crippen molar-refractivity contribution in [1.82, 2.24) is 5.32 Å². The number of nitrogens with one attached hydrogen (secondary N) is 1. The highest BCUT2D eigenvalue weighted by atomic mass is 19.3. The maximum atomic E-state index is 11.8. The van der Waals surface area contributed by atoms with Crippen molar-refractivity contribution >= 4 is 11.7 Å². The van der Waals surface area contributed by atoms with Crippen LogP contribution in [0.5, 0.6) is 0 Å². The average molecular weight is 227 g/mol. The van der Waals surface area contributed by atoms with Gasteiger partial charge in [0.05, 0.1) is 6.54 Å². The quantitative estimate of drug-likeness (QED) is 0.793. The van der Waals surface area contributed by atoms with E-state index in [1.807, 2.05) is 12.2 Å². The Morgan fingerprint density at radius 1 is 1.25 bits per heavy atom. The van der Waals surface area contributed by atoms with Crippen LogP contribution in [0.2, 0.25) is 0 Å². The van der Waals surface area contributed by atoms with Gasteiger partial charge in [-0.05, 0) is 6.92 Å². The summed E-state index contributed by atoms with van der Waals surface area (Å²) in [4.78, 5) is 21.9. The van der Waals surface area contributed by atoms with Crippen molar-refractivity contribution in [1.29, 1.82) is 0 Å². The number of aryl methyl sites for hydroxylation is 1. The Morgan fingerprint density at radius 2 is 1.81 bits per heavy atom. The zero-order chi connectivity index (χ0) is 12.1. The van der Waals surface area contributed by atoms with E-state index in [2.05, 4.69) is 0 Å². The van der Waals surface area contributed by atoms with Crippen molar-refractivity contribution in [2.24, 2.45) is 0 Å². The summed E-state index contributed by atoms with van der Waals surface area (Å²) in [5.41, 5.74) is 1.38. The molecule has 3 nitrogen and oxygen atoms in total. The minimum atomic E-state index is -3.09. The second-order valence-corrected chi connectivity index (χ2v) is 3.31. The van der Waals surface area contributed by atoms with Crippen LogP contribution in [0.3, 0.4) is 0 Å². The van der Waals surface area contributed by atoms with Crippen LogP contribution in [0.1, 0.15) is 15.9 Å². The lowest BCUT2D eigenvalue weighted by atomic mass is 10.1. The molecule has 0 aliphatic carbocycles. The van der Waals surface area contributed by atoms with Gasteiger partial charge >= 0.3 is 6.43 Å². The first-order chi connectivity index (χ1) is 7.50. The number of hydrogen-bond acceptors (Lipinski definition) is 2. The molecule has 0 fully saturated rings. The fourth-order valence-electron chi connectivity index (χ4n) is 1.09. The van der Waals surface area contributed by atoms with Crippen molar-refractivity contribution in [2.75, 3.05) is 6.54 Å². The van der Waals surface area contributed by atoms with Gasteiger partial charge in [-0.15, -0.1) is 0 Å². The summed E-state index contributed by atoms with van der Waals surface area (Å²) < 4.78 is 23.6. The summed E-state index contributed by atoms with van der Waals surface area (Å²) in [7, 11) is 0. The van der Waals surface area contributed by atoms with Crippen molar-refractivity contribution in [3.05, 3.63) is 35.4 Å². The number of ketones is 1. The van der Waals surface area contributed by atoms with Crippen LogP contribution in [-0.4, -0.2) is 24.7 Å². The molecule has 0 saturated carbocycles. The number of alkyl halides is 2. The van der Waals surface area contributed by atoms with Gasteiger partial charge in [0.2, 0.25) is 0 Å². The Bertz CT molecular complexity index is 387. The zero-order valence-electron chi connectivity index (χ0n) is 8.67. The lowest BCUT2D eigenvalue weighted by molar-refractivity contribution is -0.131. The molecule has 0 heterocycles. The molecule has 1 N–H and O–H groups in total. The van der Waals surface area contributed by atoms with Gasteiger partial charge in [0, 0.05) is 5.56 Å². The summed E-state index contributed by atoms with van der Waals surface area (Å²) in [6.45, 7) is 1.46. The van der Waals surface area contributed by atoms with E-state index < -0.39 is 24.7 Å². The number of amides is 1. The molecule has 1 aromatic rings. The first-order valence-electron chi connectivity index (χ1n) is 4.66. The molecule has 0 saturated heterocycles. The summed E-state index contributed by atoms with van der Waals surface area (Å²) in [6, 6.07) is 6.66. The average Bonchev–Trinajstić information content (AvgIpc) is 2.26. The Kier molecular flexibility index (Phi) is 4.10. The van der Waals surface area contributed by atoms with Crippen molar-refractivity contribution in [2.45, 2.75) is 13.3 Å². The maximum absolute atomic E-state index is 11.8. The summed E-state index contributed by atoms with van der Waals surface area (Å²) in [5, 5.41) is 1.86. The molecule has 0 aromatic heterocycles. The molecule has 1 aromatic carbocycles. The van der Waals surface area contributed by atoms with Crippen molar-refractivity contribution in [3.63, 3.8) is 0 Å². The summed E-state index contributed by atoms with van der Waals surface area (Å²) in [6.07, 6.45) is -3.09. The van der Waals surface area contributed by atoms with E-state index in [1.165, 1.54) is 0 Å². The number of Topliss-reactive ketones (excluding diaryl/α,β-unsaturated/α-hetero) is 1. The molecular weight excluding hydrogens is 216 g/mol. The molecular formula is C11H11F2NO2. The molecule has 0 aliphatic heterocycles. The molecule has 16 heavy (non-hydrogen) atoms. The highest BCUT2D eigenvalue weighted by molar-refractivity contribution is 5.99. The number of rotatable bonds is 4. The molecule has 86 valence electrons. The van der Waals surface area contributed by atoms with Gasteiger partial charge in [0.1, 0.15) is 0 Å². The van der Waals surface area contributed by atoms with Crippen molar-refractivity contribution in [3.8, 4) is 0 Å². The zero-order valence-corrected chi connectivity index (χ0v) is 8.67. The van der Waals surface area contributed by atoms with Crippen LogP contribution < -0.4 is 5.32 Å². The predicted molar refractivity (Wildman–Crippen MR) is 54.5 cm³/mol. The van der Waals surface area contributed by atoms with E-state index in [9.17, 15) is 18.4 Å². The third-order valence-corrected chi connectivity index (χ3v) is 1.99. The molecule has 0 bridgehead atoms. The lowest BCUT2D eigenvalue weighted by Gasteiger charge is -2.03. The van der Waals surface area contributed by atoms with Crippen LogP contribution in [0.25, 0.3) is 0 Å². The summed E-state index contributed by atoms with van der Waals surface area (Å²) >= 11 is 0. The Balaban J connectivity index is 2.53. The van der Waals surface area contributed by atoms with E-state index in [0.29, 0.717) is 5.56 Å². The fourth-order valence-corrected chi connectivity index (χ4v) is 1.09. The molecule has 0 spiro atoms. The minimum Gasteiger partial charge on any atom is -0.344 e. The van der Waals surface area contributed by atoms with Crippen LogP contribution in [0.15, 0.2) is 24.3 Å². The molecule has 5 heteroatoms. The molecule has 0 unspecified atom stereocenters. The van der Waals surface area contributed by atoms with E-state index in [1.54, 1.807) is 24.3 Å². The molecule has 1 amide bonds. The van der Waals surface area contributed by atoms with Gasteiger partial charge in [-0.3, -0.25) is 9.59 Å². The van der Waals surface area contributed by atoms with Gasteiger partial charge in [0.15, 0.2) is 5.78 Å². The van der Waals surface area contributed by atoms with Crippen LogP contribution in [0, 0.1) is 6.92 Å². The van der Waals surface area contributed by atoms with E-state index in [4.69, 9.17) is 0 Å². The van der Waals surface area contributed by atoms with Gasteiger partial charge in [0.25, 0.3) is 5.91 Å². The van der Waals surface area contributed by atoms with Gasteiger partial charge in [-0.25, -0.2) is 0 Å². The largest absolute Gasteiger partial charge is 0.344 e. The maximum Gasteiger partial charge on any atom is 0.315 e. The van der Waals surface area contributed by atoms with E-state index in [0.717, 1.165) is 5.56 Å². The normalized spacial score (nSPS) is 10.2. The second-order valence-electron chi connectivity index (χ2n) is 3.31. The Morgan fingerprint density at radius 3 is 2.31 bits per heavy atom. The Labute approximate surface area is 91.5 Å². The third kappa shape index (κ3) is 3.42. The topological polar surface area (TPSA) is 46.2 Å². The number of carbonyl (C=O) groups is 2. The van der Waals surface area contributed by atoms with E-state index in [-0.39, 0.29) is 0 Å². The monoisotopic (exact) mass is 227 g/mol. The number of halogens is 2. The molecule has 0 radical (unpaired) electrons. The molecule has 0 atom stereocenters. The van der Waals surface area contributed by atoms with Crippen LogP contribution >= 0.6 is 0 Å². The predicted octanol–water partition coefficient (Wildman–Crippen LogP) is 1.56. The lowest BCUT2D eigenvalue weighted by Crippen LogP contribution is -2.33. The SMILES string of the molecule is Cc1ccc(C(=O)CNC(=O)C(F)F)cc1. The Hall–Kier alpha value is -1.78. The van der Waals surface area contributed by atoms with Gasteiger partial charge in [-0.2, -0.15) is 8.78 Å². The highest BCUT2D eigenvalue weighted by Crippen LogP contribution is 2.03. The third-order valence-electron chi connectivity index (χ3n) is 1.99. The van der Waals surface area contributed by atoms with Gasteiger partial charge < -0.3 is 5.32 Å². The molecule has 1 rings (SSSR count). The standard InChI is InChI=1S/C11H11F2NO2/c1-7-2-4-8(5-3-7)9(15)6-14-11(16)10(12)13/h2-5,10H,6H2,1H3,(H,14,16). The van der Waals surface area contributed by atoms with Crippen LogP contribution in [-0.2, 0) is 4.79 Å². The highest BCUT2D eigenvalue weighted by Gasteiger charge is 2.16. The second kappa shape index (κ2) is 5.34. The summed E-state index contributed by atoms with van der Waals surface area (Å²) in [5.74, 6) is -1.82. The number of hydrogen-bond donors (Lipinski definition) is 1.